The zero-order valence-electron chi connectivity index (χ0n) is 14.2. The smallest absolute Gasteiger partial charge is 0.0449 e. The minimum absolute atomic E-state index is 0.442. The summed E-state index contributed by atoms with van der Waals surface area (Å²) in [6, 6.07) is 10.4. The van der Waals surface area contributed by atoms with Crippen LogP contribution in [0.1, 0.15) is 57.2 Å². The third-order valence-corrected chi connectivity index (χ3v) is 4.84. The van der Waals surface area contributed by atoms with E-state index in [2.05, 4.69) is 62.3 Å². The van der Waals surface area contributed by atoms with E-state index >= 15 is 0 Å². The standard InChI is InChI=1S/C19H32N2/c1-5-7-16-8-10-18(11-9-16)19(20-6-2)14-21(4)15(3)17-12-13-17/h8-11,15,17,19-20H,5-7,12-14H2,1-4H3. The van der Waals surface area contributed by atoms with Gasteiger partial charge in [-0.3, -0.25) is 0 Å². The minimum Gasteiger partial charge on any atom is -0.309 e. The fourth-order valence-corrected chi connectivity index (χ4v) is 3.13. The molecule has 0 heterocycles. The maximum absolute atomic E-state index is 3.65. The Labute approximate surface area is 130 Å². The van der Waals surface area contributed by atoms with Crippen molar-refractivity contribution in [1.82, 2.24) is 10.2 Å². The van der Waals surface area contributed by atoms with Crippen molar-refractivity contribution in [3.8, 4) is 0 Å². The lowest BCUT2D eigenvalue weighted by atomic mass is 10.0. The summed E-state index contributed by atoms with van der Waals surface area (Å²) < 4.78 is 0. The van der Waals surface area contributed by atoms with Crippen LogP contribution in [0.4, 0.5) is 0 Å². The van der Waals surface area contributed by atoms with E-state index < -0.39 is 0 Å². The van der Waals surface area contributed by atoms with Crippen molar-refractivity contribution in [3.63, 3.8) is 0 Å². The Kier molecular flexibility index (Phi) is 6.25. The number of likely N-dealkylation sites (N-methyl/N-ethyl adjacent to an activating group) is 2. The molecule has 118 valence electrons. The lowest BCUT2D eigenvalue weighted by molar-refractivity contribution is 0.210. The van der Waals surface area contributed by atoms with Crippen molar-refractivity contribution >= 4 is 0 Å². The highest BCUT2D eigenvalue weighted by atomic mass is 15.2. The molecule has 1 aliphatic carbocycles. The molecule has 0 bridgehead atoms. The fraction of sp³-hybridized carbons (Fsp3) is 0.684. The molecule has 21 heavy (non-hydrogen) atoms. The Balaban J connectivity index is 1.99. The van der Waals surface area contributed by atoms with Crippen molar-refractivity contribution in [2.24, 2.45) is 5.92 Å². The summed E-state index contributed by atoms with van der Waals surface area (Å²) in [6.45, 7) is 8.93. The quantitative estimate of drug-likeness (QED) is 0.738. The largest absolute Gasteiger partial charge is 0.309 e. The van der Waals surface area contributed by atoms with Crippen molar-refractivity contribution in [2.45, 2.75) is 58.5 Å². The third kappa shape index (κ3) is 4.82. The van der Waals surface area contributed by atoms with Crippen LogP contribution in [0.2, 0.25) is 0 Å². The second kappa shape index (κ2) is 7.95. The first-order valence-electron chi connectivity index (χ1n) is 8.68. The third-order valence-electron chi connectivity index (χ3n) is 4.84. The van der Waals surface area contributed by atoms with Crippen LogP contribution in [0, 0.1) is 5.92 Å². The Morgan fingerprint density at radius 1 is 1.19 bits per heavy atom. The molecule has 0 aliphatic heterocycles. The monoisotopic (exact) mass is 288 g/mol. The number of nitrogens with zero attached hydrogens (tertiary/aromatic N) is 1. The first kappa shape index (κ1) is 16.5. The van der Waals surface area contributed by atoms with Crippen LogP contribution in [-0.4, -0.2) is 31.1 Å². The molecule has 1 N–H and O–H groups in total. The van der Waals surface area contributed by atoms with Crippen molar-refractivity contribution in [1.29, 1.82) is 0 Å². The zero-order valence-corrected chi connectivity index (χ0v) is 14.2. The second-order valence-electron chi connectivity index (χ2n) is 6.62. The van der Waals surface area contributed by atoms with Gasteiger partial charge in [0.2, 0.25) is 0 Å². The predicted octanol–water partition coefficient (Wildman–Crippen LogP) is 4.02. The summed E-state index contributed by atoms with van der Waals surface area (Å²) in [6.07, 6.45) is 5.24. The van der Waals surface area contributed by atoms with E-state index in [-0.39, 0.29) is 0 Å². The van der Waals surface area contributed by atoms with Gasteiger partial charge in [0.05, 0.1) is 0 Å². The van der Waals surface area contributed by atoms with Crippen LogP contribution in [0.25, 0.3) is 0 Å². The highest BCUT2D eigenvalue weighted by Gasteiger charge is 2.31. The molecule has 1 aromatic rings. The lowest BCUT2D eigenvalue weighted by Crippen LogP contribution is -2.38. The van der Waals surface area contributed by atoms with Gasteiger partial charge in [0, 0.05) is 18.6 Å². The molecule has 1 aromatic carbocycles. The van der Waals surface area contributed by atoms with Crippen LogP contribution >= 0.6 is 0 Å². The summed E-state index contributed by atoms with van der Waals surface area (Å²) >= 11 is 0. The fourth-order valence-electron chi connectivity index (χ4n) is 3.13. The van der Waals surface area contributed by atoms with Gasteiger partial charge in [-0.25, -0.2) is 0 Å². The van der Waals surface area contributed by atoms with Crippen LogP contribution in [0.3, 0.4) is 0 Å². The molecule has 1 aliphatic rings. The van der Waals surface area contributed by atoms with E-state index in [4.69, 9.17) is 0 Å². The lowest BCUT2D eigenvalue weighted by Gasteiger charge is -2.30. The number of aryl methyl sites for hydroxylation is 1. The Morgan fingerprint density at radius 3 is 2.38 bits per heavy atom. The second-order valence-corrected chi connectivity index (χ2v) is 6.62. The molecular weight excluding hydrogens is 256 g/mol. The summed E-state index contributed by atoms with van der Waals surface area (Å²) in [5, 5.41) is 3.65. The molecule has 2 atom stereocenters. The summed E-state index contributed by atoms with van der Waals surface area (Å²) in [4.78, 5) is 2.53. The highest BCUT2D eigenvalue weighted by Crippen LogP contribution is 2.35. The normalized spacial score (nSPS) is 18.0. The Bertz CT molecular complexity index is 408. The van der Waals surface area contributed by atoms with Crippen LogP contribution < -0.4 is 5.32 Å². The Hall–Kier alpha value is -0.860. The molecule has 0 spiro atoms. The van der Waals surface area contributed by atoms with E-state index in [1.807, 2.05) is 0 Å². The van der Waals surface area contributed by atoms with Crippen molar-refractivity contribution in [3.05, 3.63) is 35.4 Å². The first-order valence-corrected chi connectivity index (χ1v) is 8.68. The number of hydrogen-bond donors (Lipinski definition) is 1. The predicted molar refractivity (Wildman–Crippen MR) is 91.7 cm³/mol. The van der Waals surface area contributed by atoms with Gasteiger partial charge in [-0.1, -0.05) is 44.5 Å². The summed E-state index contributed by atoms with van der Waals surface area (Å²) in [5.41, 5.74) is 2.88. The van der Waals surface area contributed by atoms with E-state index in [1.54, 1.807) is 0 Å². The van der Waals surface area contributed by atoms with Gasteiger partial charge in [-0.2, -0.15) is 0 Å². The van der Waals surface area contributed by atoms with Gasteiger partial charge in [-0.05, 0) is 56.8 Å². The van der Waals surface area contributed by atoms with Gasteiger partial charge in [0.15, 0.2) is 0 Å². The van der Waals surface area contributed by atoms with E-state index in [1.165, 1.54) is 36.8 Å². The maximum Gasteiger partial charge on any atom is 0.0449 e. The van der Waals surface area contributed by atoms with Crippen molar-refractivity contribution < 1.29 is 0 Å². The van der Waals surface area contributed by atoms with Crippen LogP contribution in [-0.2, 0) is 6.42 Å². The number of nitrogens with one attached hydrogen (secondary N) is 1. The summed E-state index contributed by atoms with van der Waals surface area (Å²) in [7, 11) is 2.28. The van der Waals surface area contributed by atoms with Gasteiger partial charge in [0.1, 0.15) is 0 Å². The van der Waals surface area contributed by atoms with Crippen LogP contribution in [0.15, 0.2) is 24.3 Å². The summed E-state index contributed by atoms with van der Waals surface area (Å²) in [5.74, 6) is 0.934. The maximum atomic E-state index is 3.65. The van der Waals surface area contributed by atoms with Crippen LogP contribution in [0.5, 0.6) is 0 Å². The first-order chi connectivity index (χ1) is 10.2. The molecule has 0 saturated heterocycles. The van der Waals surface area contributed by atoms with Gasteiger partial charge in [0.25, 0.3) is 0 Å². The average molecular weight is 288 g/mol. The molecule has 2 heteroatoms. The minimum atomic E-state index is 0.442. The number of hydrogen-bond acceptors (Lipinski definition) is 2. The molecule has 1 saturated carbocycles. The number of rotatable bonds is 9. The molecular formula is C19H32N2. The molecule has 0 aromatic heterocycles. The molecule has 2 nitrogen and oxygen atoms in total. The van der Waals surface area contributed by atoms with E-state index in [9.17, 15) is 0 Å². The molecule has 2 rings (SSSR count). The highest BCUT2D eigenvalue weighted by molar-refractivity contribution is 5.25. The van der Waals surface area contributed by atoms with Gasteiger partial charge < -0.3 is 10.2 Å². The Morgan fingerprint density at radius 2 is 1.86 bits per heavy atom. The number of benzene rings is 1. The van der Waals surface area contributed by atoms with E-state index in [0.717, 1.165) is 19.0 Å². The van der Waals surface area contributed by atoms with Crippen molar-refractivity contribution in [2.75, 3.05) is 20.1 Å². The van der Waals surface area contributed by atoms with E-state index in [0.29, 0.717) is 12.1 Å². The molecule has 1 fully saturated rings. The molecule has 0 radical (unpaired) electrons. The zero-order chi connectivity index (χ0) is 15.2. The van der Waals surface area contributed by atoms with Gasteiger partial charge in [-0.15, -0.1) is 0 Å². The SMILES string of the molecule is CCCc1ccc(C(CN(C)C(C)C2CC2)NCC)cc1. The average Bonchev–Trinajstić information content (AvgIpc) is 3.32. The topological polar surface area (TPSA) is 15.3 Å². The molecule has 2 unspecified atom stereocenters. The van der Waals surface area contributed by atoms with Gasteiger partial charge >= 0.3 is 0 Å². The molecule has 0 amide bonds.